The minimum Gasteiger partial charge on any atom is -0.508 e. The molecule has 1 fully saturated rings. The van der Waals surface area contributed by atoms with Gasteiger partial charge in [-0.25, -0.2) is 0 Å². The van der Waals surface area contributed by atoms with Crippen molar-refractivity contribution < 1.29 is 29.2 Å². The summed E-state index contributed by atoms with van der Waals surface area (Å²) in [6, 6.07) is 18.2. The van der Waals surface area contributed by atoms with E-state index in [-0.39, 0.29) is 6.61 Å². The number of aliphatic hydroxyl groups excluding tert-OH is 1. The maximum absolute atomic E-state index is 9.82. The van der Waals surface area contributed by atoms with Gasteiger partial charge < -0.3 is 29.2 Å². The Hall–Kier alpha value is -2.12. The molecule has 4 atom stereocenters. The first-order valence-corrected chi connectivity index (χ1v) is 15.4. The van der Waals surface area contributed by atoms with Gasteiger partial charge in [0.25, 0.3) is 0 Å². The predicted molar refractivity (Wildman–Crippen MR) is 164 cm³/mol. The van der Waals surface area contributed by atoms with E-state index < -0.39 is 6.10 Å². The second kappa shape index (κ2) is 24.7. The van der Waals surface area contributed by atoms with Crippen LogP contribution in [0.3, 0.4) is 0 Å². The number of unbranched alkanes of at least 4 members (excludes halogenated alkanes) is 2. The lowest BCUT2D eigenvalue weighted by Gasteiger charge is -2.17. The van der Waals surface area contributed by atoms with Crippen LogP contribution in [0.4, 0.5) is 0 Å². The van der Waals surface area contributed by atoms with E-state index in [0.717, 1.165) is 44.5 Å². The molecule has 0 amide bonds. The number of aromatic hydroxyl groups is 1. The zero-order chi connectivity index (χ0) is 29.3. The number of benzene rings is 2. The van der Waals surface area contributed by atoms with Gasteiger partial charge in [0.15, 0.2) is 0 Å². The number of para-hydroxylation sites is 2. The quantitative estimate of drug-likeness (QED) is 0.172. The minimum atomic E-state index is -0.570. The number of phenolic OH excluding ortho intramolecular Hbond substituents is 1. The molecule has 6 heteroatoms. The molecular weight excluding hydrogens is 504 g/mol. The molecule has 40 heavy (non-hydrogen) atoms. The number of ether oxygens (including phenoxy) is 4. The molecule has 228 valence electrons. The van der Waals surface area contributed by atoms with Gasteiger partial charge in [0.05, 0.1) is 19.8 Å². The molecule has 4 unspecified atom stereocenters. The molecule has 2 aromatic carbocycles. The normalized spacial score (nSPS) is 16.0. The summed E-state index contributed by atoms with van der Waals surface area (Å²) in [6.45, 7) is 12.9. The first kappa shape index (κ1) is 35.9. The number of phenols is 1. The highest BCUT2D eigenvalue weighted by Crippen LogP contribution is 2.15. The SMILES string of the molecule is CCCCC(CC)COCC(O)COc1ccccc1.CCCCC(CC)COCC1CO1.Oc1ccccc1. The maximum Gasteiger partial charge on any atom is 0.119 e. The summed E-state index contributed by atoms with van der Waals surface area (Å²) in [5.41, 5.74) is 0. The summed E-state index contributed by atoms with van der Waals surface area (Å²) >= 11 is 0. The van der Waals surface area contributed by atoms with Gasteiger partial charge in [0, 0.05) is 13.2 Å². The minimum absolute atomic E-state index is 0.274. The van der Waals surface area contributed by atoms with Crippen molar-refractivity contribution in [2.75, 3.05) is 39.6 Å². The van der Waals surface area contributed by atoms with Crippen LogP contribution < -0.4 is 4.74 Å². The first-order chi connectivity index (χ1) is 19.5. The van der Waals surface area contributed by atoms with E-state index in [2.05, 4.69) is 27.7 Å². The Morgan fingerprint density at radius 2 is 1.27 bits per heavy atom. The van der Waals surface area contributed by atoms with Crippen molar-refractivity contribution in [3.05, 3.63) is 60.7 Å². The van der Waals surface area contributed by atoms with Crippen molar-refractivity contribution in [2.24, 2.45) is 11.8 Å². The molecular formula is C34H56O6. The zero-order valence-corrected chi connectivity index (χ0v) is 25.5. The second-order valence-corrected chi connectivity index (χ2v) is 10.5. The number of aliphatic hydroxyl groups is 1. The summed E-state index contributed by atoms with van der Waals surface area (Å²) in [7, 11) is 0. The van der Waals surface area contributed by atoms with Crippen molar-refractivity contribution >= 4 is 0 Å². The van der Waals surface area contributed by atoms with Crippen molar-refractivity contribution in [2.45, 2.75) is 91.3 Å². The van der Waals surface area contributed by atoms with Gasteiger partial charge in [-0.1, -0.05) is 103 Å². The third-order valence-electron chi connectivity index (χ3n) is 6.75. The molecule has 2 aromatic rings. The largest absolute Gasteiger partial charge is 0.508 e. The van der Waals surface area contributed by atoms with Gasteiger partial charge in [0.1, 0.15) is 30.3 Å². The lowest BCUT2D eigenvalue weighted by molar-refractivity contribution is -0.00109. The van der Waals surface area contributed by atoms with Crippen LogP contribution >= 0.6 is 0 Å². The molecule has 0 aliphatic carbocycles. The smallest absolute Gasteiger partial charge is 0.119 e. The summed E-state index contributed by atoms with van der Waals surface area (Å²) < 4.78 is 21.8. The van der Waals surface area contributed by atoms with Gasteiger partial charge >= 0.3 is 0 Å². The number of hydrogen-bond acceptors (Lipinski definition) is 6. The van der Waals surface area contributed by atoms with E-state index >= 15 is 0 Å². The summed E-state index contributed by atoms with van der Waals surface area (Å²) in [5.74, 6) is 2.47. The second-order valence-electron chi connectivity index (χ2n) is 10.5. The molecule has 1 saturated heterocycles. The van der Waals surface area contributed by atoms with Crippen molar-refractivity contribution in [3.8, 4) is 11.5 Å². The lowest BCUT2D eigenvalue weighted by atomic mass is 10.0. The topological polar surface area (TPSA) is 80.7 Å². The molecule has 2 N–H and O–H groups in total. The van der Waals surface area contributed by atoms with Crippen molar-refractivity contribution in [3.63, 3.8) is 0 Å². The molecule has 1 aliphatic rings. The summed E-state index contributed by atoms with van der Waals surface area (Å²) in [6.07, 6.45) is 9.86. The van der Waals surface area contributed by atoms with Crippen LogP contribution in [0.5, 0.6) is 11.5 Å². The average molecular weight is 561 g/mol. The third-order valence-corrected chi connectivity index (χ3v) is 6.75. The van der Waals surface area contributed by atoms with Gasteiger partial charge in [0.2, 0.25) is 0 Å². The zero-order valence-electron chi connectivity index (χ0n) is 25.5. The van der Waals surface area contributed by atoms with Crippen LogP contribution in [0.1, 0.15) is 79.1 Å². The molecule has 0 spiro atoms. The van der Waals surface area contributed by atoms with Gasteiger partial charge in [-0.15, -0.1) is 0 Å². The monoisotopic (exact) mass is 560 g/mol. The maximum atomic E-state index is 9.82. The van der Waals surface area contributed by atoms with Gasteiger partial charge in [-0.2, -0.15) is 0 Å². The Bertz CT molecular complexity index is 784. The van der Waals surface area contributed by atoms with Crippen LogP contribution in [0, 0.1) is 11.8 Å². The molecule has 3 rings (SSSR count). The average Bonchev–Trinajstić information content (AvgIpc) is 3.82. The first-order valence-electron chi connectivity index (χ1n) is 15.4. The highest BCUT2D eigenvalue weighted by atomic mass is 16.6. The summed E-state index contributed by atoms with van der Waals surface area (Å²) in [5, 5.41) is 18.5. The van der Waals surface area contributed by atoms with Crippen LogP contribution in [0.25, 0.3) is 0 Å². The van der Waals surface area contributed by atoms with E-state index in [0.29, 0.717) is 24.4 Å². The predicted octanol–water partition coefficient (Wildman–Crippen LogP) is 7.67. The van der Waals surface area contributed by atoms with Crippen LogP contribution in [-0.4, -0.2) is 62.1 Å². The van der Waals surface area contributed by atoms with E-state index in [9.17, 15) is 5.11 Å². The Labute approximate surface area is 244 Å². The number of rotatable bonds is 19. The Morgan fingerprint density at radius 3 is 1.73 bits per heavy atom. The van der Waals surface area contributed by atoms with Crippen LogP contribution in [0.2, 0.25) is 0 Å². The number of epoxide rings is 1. The fourth-order valence-electron chi connectivity index (χ4n) is 3.88. The van der Waals surface area contributed by atoms with Crippen molar-refractivity contribution in [1.82, 2.24) is 0 Å². The van der Waals surface area contributed by atoms with Gasteiger partial charge in [-0.3, -0.25) is 0 Å². The van der Waals surface area contributed by atoms with Crippen LogP contribution in [-0.2, 0) is 14.2 Å². The molecule has 0 saturated carbocycles. The standard InChI is InChI=1S/C17H28O3.C11H22O2.C6H6O/c1-3-5-9-15(4-2)12-19-13-16(18)14-20-17-10-7-6-8-11-17;1-3-5-6-10(4-2)7-12-8-11-9-13-11;7-6-4-2-1-3-5-6/h6-8,10-11,15-16,18H,3-5,9,12-14H2,1-2H3;10-11H,3-9H2,1-2H3;1-5,7H. The Kier molecular flexibility index (Phi) is 22.1. The molecule has 6 nitrogen and oxygen atoms in total. The van der Waals surface area contributed by atoms with E-state index in [1.165, 1.54) is 44.9 Å². The highest BCUT2D eigenvalue weighted by molar-refractivity contribution is 5.21. The third kappa shape index (κ3) is 20.7. The molecule has 0 aromatic heterocycles. The fraction of sp³-hybridized carbons (Fsp3) is 0.647. The van der Waals surface area contributed by atoms with E-state index in [1.807, 2.05) is 36.4 Å². The van der Waals surface area contributed by atoms with Crippen LogP contribution in [0.15, 0.2) is 60.7 Å². The molecule has 0 radical (unpaired) electrons. The summed E-state index contributed by atoms with van der Waals surface area (Å²) in [4.78, 5) is 0. The molecule has 0 bridgehead atoms. The van der Waals surface area contributed by atoms with Gasteiger partial charge in [-0.05, 0) is 48.9 Å². The Balaban J connectivity index is 0.000000339. The highest BCUT2D eigenvalue weighted by Gasteiger charge is 2.22. The van der Waals surface area contributed by atoms with E-state index in [1.54, 1.807) is 24.3 Å². The van der Waals surface area contributed by atoms with E-state index in [4.69, 9.17) is 24.1 Å². The Morgan fingerprint density at radius 1 is 0.750 bits per heavy atom. The fourth-order valence-corrected chi connectivity index (χ4v) is 3.88. The molecule has 1 heterocycles. The molecule has 1 aliphatic heterocycles. The lowest BCUT2D eigenvalue weighted by Crippen LogP contribution is -2.25. The number of hydrogen-bond donors (Lipinski definition) is 2. The van der Waals surface area contributed by atoms with Crippen molar-refractivity contribution in [1.29, 1.82) is 0 Å².